The number of nitrogens with zero attached hydrogens (tertiary/aromatic N) is 1. The minimum Gasteiger partial charge on any atom is -0.373 e. The molecule has 24 heavy (non-hydrogen) atoms. The molecule has 0 aromatic carbocycles. The van der Waals surface area contributed by atoms with Crippen LogP contribution in [0, 0.1) is 11.3 Å². The van der Waals surface area contributed by atoms with E-state index in [-0.39, 0.29) is 6.42 Å². The van der Waals surface area contributed by atoms with Crippen molar-refractivity contribution in [3.63, 3.8) is 0 Å². The van der Waals surface area contributed by atoms with Crippen LogP contribution >= 0.6 is 0 Å². The monoisotopic (exact) mass is 361 g/mol. The van der Waals surface area contributed by atoms with Crippen LogP contribution in [0.1, 0.15) is 27.2 Å². The molecular formula is C13H17F6N3O2. The summed E-state index contributed by atoms with van der Waals surface area (Å²) >= 11 is 0. The van der Waals surface area contributed by atoms with Gasteiger partial charge in [-0.2, -0.15) is 31.4 Å². The van der Waals surface area contributed by atoms with Crippen LogP contribution in [0.3, 0.4) is 0 Å². The summed E-state index contributed by atoms with van der Waals surface area (Å²) in [6.45, 7) is 3.78. The van der Waals surface area contributed by atoms with Crippen LogP contribution in [0.25, 0.3) is 0 Å². The van der Waals surface area contributed by atoms with Gasteiger partial charge in [-0.25, -0.2) is 10.2 Å². The number of nitrogens with one attached hydrogen (secondary N) is 1. The number of hydrogen-bond acceptors (Lipinski definition) is 3. The summed E-state index contributed by atoms with van der Waals surface area (Å²) in [5, 5.41) is 13.0. The number of aliphatic hydroxyl groups is 1. The lowest BCUT2D eigenvalue weighted by Crippen LogP contribution is -2.67. The van der Waals surface area contributed by atoms with E-state index in [1.165, 1.54) is 6.92 Å². The molecule has 11 heteroatoms. The topological polar surface area (TPSA) is 87.7 Å². The molecule has 1 rings (SSSR count). The Morgan fingerprint density at radius 3 is 2.12 bits per heavy atom. The zero-order valence-electron chi connectivity index (χ0n) is 13.0. The molecule has 0 aromatic rings. The van der Waals surface area contributed by atoms with Crippen molar-refractivity contribution in [3.8, 4) is 0 Å². The number of rotatable bonds is 2. The van der Waals surface area contributed by atoms with E-state index < -0.39 is 41.0 Å². The molecule has 0 fully saturated rings. The molecule has 1 atom stereocenters. The van der Waals surface area contributed by atoms with Gasteiger partial charge in [0.2, 0.25) is 0 Å². The number of halogens is 6. The molecule has 0 saturated heterocycles. The van der Waals surface area contributed by atoms with Crippen LogP contribution in [0.4, 0.5) is 31.1 Å². The first kappa shape index (κ1) is 20.3. The van der Waals surface area contributed by atoms with Gasteiger partial charge in [0.15, 0.2) is 0 Å². The Labute approximate surface area is 133 Å². The molecule has 0 heterocycles. The van der Waals surface area contributed by atoms with E-state index in [9.17, 15) is 36.2 Å². The Hall–Kier alpha value is -1.78. The molecule has 0 radical (unpaired) electrons. The summed E-state index contributed by atoms with van der Waals surface area (Å²) in [5.74, 6) is -2.50. The SMILES string of the molecule is CC1=C/C(=N\NC(N)=O)C(C(O)(C(F)(F)F)C(F)(F)F)C(C)(C)C1. The largest absolute Gasteiger partial charge is 0.426 e. The third-order valence-electron chi connectivity index (χ3n) is 3.78. The Morgan fingerprint density at radius 2 is 1.75 bits per heavy atom. The molecular weight excluding hydrogens is 344 g/mol. The summed E-state index contributed by atoms with van der Waals surface area (Å²) < 4.78 is 79.4. The van der Waals surface area contributed by atoms with Gasteiger partial charge in [-0.05, 0) is 24.8 Å². The van der Waals surface area contributed by atoms with Crippen LogP contribution in [-0.2, 0) is 0 Å². The van der Waals surface area contributed by atoms with Crippen molar-refractivity contribution in [2.24, 2.45) is 22.2 Å². The van der Waals surface area contributed by atoms with Crippen LogP contribution in [0.5, 0.6) is 0 Å². The van der Waals surface area contributed by atoms with Crippen LogP contribution < -0.4 is 11.2 Å². The van der Waals surface area contributed by atoms with Crippen molar-refractivity contribution >= 4 is 11.7 Å². The van der Waals surface area contributed by atoms with E-state index in [0.717, 1.165) is 19.9 Å². The smallest absolute Gasteiger partial charge is 0.373 e. The zero-order valence-corrected chi connectivity index (χ0v) is 13.0. The van der Waals surface area contributed by atoms with E-state index in [4.69, 9.17) is 5.73 Å². The molecule has 0 aliphatic heterocycles. The maximum atomic E-state index is 13.2. The van der Waals surface area contributed by atoms with Gasteiger partial charge in [-0.1, -0.05) is 19.4 Å². The molecule has 0 bridgehead atoms. The minimum absolute atomic E-state index is 0.137. The maximum absolute atomic E-state index is 13.2. The van der Waals surface area contributed by atoms with Gasteiger partial charge in [0, 0.05) is 0 Å². The van der Waals surface area contributed by atoms with Crippen molar-refractivity contribution in [3.05, 3.63) is 11.6 Å². The Morgan fingerprint density at radius 1 is 1.29 bits per heavy atom. The highest BCUT2D eigenvalue weighted by Crippen LogP contribution is 2.55. The fourth-order valence-electron chi connectivity index (χ4n) is 3.09. The first-order valence-electron chi connectivity index (χ1n) is 6.70. The number of carbonyl (C=O) groups is 1. The Kier molecular flexibility index (Phi) is 5.01. The summed E-state index contributed by atoms with van der Waals surface area (Å²) in [6, 6.07) is -1.27. The van der Waals surface area contributed by atoms with Crippen molar-refractivity contribution in [1.82, 2.24) is 5.43 Å². The molecule has 1 unspecified atom stereocenters. The Bertz CT molecular complexity index is 563. The van der Waals surface area contributed by atoms with Crippen LogP contribution in [-0.4, -0.2) is 34.8 Å². The van der Waals surface area contributed by atoms with E-state index in [2.05, 4.69) is 5.10 Å². The molecule has 5 nitrogen and oxygen atoms in total. The molecule has 2 amide bonds. The standard InChI is InChI=1S/C13H17F6N3O2/c1-6-4-7(21-22-9(20)23)8(10(2,3)5-6)11(24,12(14,15)16)13(17,18)19/h4,8,24H,5H2,1-3H3,(H3,20,22,23)/b21-7+. The molecule has 138 valence electrons. The minimum atomic E-state index is -6.01. The van der Waals surface area contributed by atoms with Gasteiger partial charge in [0.1, 0.15) is 0 Å². The van der Waals surface area contributed by atoms with Gasteiger partial charge in [-0.3, -0.25) is 0 Å². The summed E-state index contributed by atoms with van der Waals surface area (Å²) in [7, 11) is 0. The van der Waals surface area contributed by atoms with Crippen LogP contribution in [0.15, 0.2) is 16.8 Å². The lowest BCUT2D eigenvalue weighted by Gasteiger charge is -2.48. The molecule has 4 N–H and O–H groups in total. The normalized spacial score (nSPS) is 23.8. The van der Waals surface area contributed by atoms with Crippen molar-refractivity contribution < 1.29 is 36.2 Å². The second kappa shape index (κ2) is 5.94. The maximum Gasteiger partial charge on any atom is 0.426 e. The average Bonchev–Trinajstić information content (AvgIpc) is 2.30. The highest BCUT2D eigenvalue weighted by atomic mass is 19.4. The van der Waals surface area contributed by atoms with Gasteiger partial charge in [0.05, 0.1) is 11.6 Å². The number of primary amides is 1. The first-order chi connectivity index (χ1) is 10.5. The molecule has 0 spiro atoms. The van der Waals surface area contributed by atoms with Crippen molar-refractivity contribution in [1.29, 1.82) is 0 Å². The molecule has 0 aromatic heterocycles. The molecule has 1 aliphatic rings. The first-order valence-corrected chi connectivity index (χ1v) is 6.70. The number of hydrogen-bond donors (Lipinski definition) is 3. The number of allylic oxidation sites excluding steroid dienone is 2. The van der Waals surface area contributed by atoms with E-state index >= 15 is 0 Å². The predicted octanol–water partition coefficient (Wildman–Crippen LogP) is 2.86. The lowest BCUT2D eigenvalue weighted by molar-refractivity contribution is -0.385. The summed E-state index contributed by atoms with van der Waals surface area (Å²) in [4.78, 5) is 10.7. The van der Waals surface area contributed by atoms with Gasteiger partial charge in [-0.15, -0.1) is 0 Å². The van der Waals surface area contributed by atoms with Crippen molar-refractivity contribution in [2.75, 3.05) is 0 Å². The fraction of sp³-hybridized carbons (Fsp3) is 0.692. The van der Waals surface area contributed by atoms with E-state index in [1.54, 1.807) is 5.43 Å². The number of alkyl halides is 6. The zero-order chi connectivity index (χ0) is 19.1. The molecule has 1 aliphatic carbocycles. The number of urea groups is 1. The molecule has 0 saturated carbocycles. The van der Waals surface area contributed by atoms with E-state index in [1.807, 2.05) is 0 Å². The highest BCUT2D eigenvalue weighted by Gasteiger charge is 2.76. The van der Waals surface area contributed by atoms with Gasteiger partial charge >= 0.3 is 18.4 Å². The average molecular weight is 361 g/mol. The number of nitrogens with two attached hydrogens (primary N) is 1. The van der Waals surface area contributed by atoms with Crippen LogP contribution in [0.2, 0.25) is 0 Å². The second-order valence-electron chi connectivity index (χ2n) is 6.36. The predicted molar refractivity (Wildman–Crippen MR) is 72.9 cm³/mol. The summed E-state index contributed by atoms with van der Waals surface area (Å²) in [6.07, 6.45) is -11.2. The van der Waals surface area contributed by atoms with Gasteiger partial charge in [0.25, 0.3) is 5.60 Å². The Balaban J connectivity index is 3.68. The van der Waals surface area contributed by atoms with E-state index in [0.29, 0.717) is 5.57 Å². The second-order valence-corrected chi connectivity index (χ2v) is 6.36. The fourth-order valence-corrected chi connectivity index (χ4v) is 3.09. The van der Waals surface area contributed by atoms with Gasteiger partial charge < -0.3 is 10.8 Å². The third-order valence-corrected chi connectivity index (χ3v) is 3.78. The number of hydrazone groups is 1. The number of amides is 2. The van der Waals surface area contributed by atoms with Crippen molar-refractivity contribution in [2.45, 2.75) is 45.1 Å². The third kappa shape index (κ3) is 3.50. The highest BCUT2D eigenvalue weighted by molar-refractivity contribution is 6.00. The lowest BCUT2D eigenvalue weighted by atomic mass is 9.61. The number of carbonyl (C=O) groups excluding carboxylic acids is 1. The quantitative estimate of drug-likeness (QED) is 0.522. The summed E-state index contributed by atoms with van der Waals surface area (Å²) in [5.41, 5.74) is -0.657.